The minimum Gasteiger partial charge on any atom is -0.337 e. The maximum atomic E-state index is 13.3. The van der Waals surface area contributed by atoms with Crippen LogP contribution in [0.1, 0.15) is 49.7 Å². The van der Waals surface area contributed by atoms with Crippen LogP contribution in [0.15, 0.2) is 42.7 Å². The van der Waals surface area contributed by atoms with E-state index in [-0.39, 0.29) is 24.2 Å². The minimum atomic E-state index is 0.0969. The van der Waals surface area contributed by atoms with Crippen molar-refractivity contribution in [2.75, 3.05) is 31.1 Å². The van der Waals surface area contributed by atoms with Crippen molar-refractivity contribution in [3.63, 3.8) is 0 Å². The molecule has 0 saturated carbocycles. The van der Waals surface area contributed by atoms with E-state index >= 15 is 0 Å². The molecule has 1 aromatic carbocycles. The van der Waals surface area contributed by atoms with Gasteiger partial charge in [0.1, 0.15) is 6.07 Å². The number of fused-ring (bicyclic) bond motifs is 2. The maximum absolute atomic E-state index is 13.3. The van der Waals surface area contributed by atoms with E-state index in [9.17, 15) is 4.79 Å². The van der Waals surface area contributed by atoms with E-state index in [4.69, 9.17) is 5.26 Å². The Morgan fingerprint density at radius 1 is 1.00 bits per heavy atom. The summed E-state index contributed by atoms with van der Waals surface area (Å²) in [6, 6.07) is 13.5. The number of nitrogens with one attached hydrogen (secondary N) is 1. The number of likely N-dealkylation sites (tertiary alicyclic amines) is 1. The molecule has 2 bridgehead atoms. The Hall–Kier alpha value is -3.18. The number of nitrogens with zero attached hydrogens (tertiary/aromatic N) is 6. The summed E-state index contributed by atoms with van der Waals surface area (Å²) in [5, 5.41) is 12.3. The molecule has 3 fully saturated rings. The van der Waals surface area contributed by atoms with Crippen LogP contribution in [0.25, 0.3) is 0 Å². The number of aromatic nitrogens is 2. The van der Waals surface area contributed by atoms with Gasteiger partial charge in [0, 0.05) is 25.7 Å². The van der Waals surface area contributed by atoms with Gasteiger partial charge >= 0.3 is 6.03 Å². The zero-order chi connectivity index (χ0) is 23.3. The van der Waals surface area contributed by atoms with Crippen LogP contribution in [0, 0.1) is 11.3 Å². The normalized spacial score (nSPS) is 23.7. The van der Waals surface area contributed by atoms with Crippen molar-refractivity contribution < 1.29 is 4.79 Å². The summed E-state index contributed by atoms with van der Waals surface area (Å²) < 4.78 is 0. The Morgan fingerprint density at radius 3 is 2.26 bits per heavy atom. The third-order valence-corrected chi connectivity index (χ3v) is 7.40. The zero-order valence-corrected chi connectivity index (χ0v) is 19.6. The first kappa shape index (κ1) is 22.6. The Kier molecular flexibility index (Phi) is 6.91. The van der Waals surface area contributed by atoms with E-state index in [1.165, 1.54) is 5.56 Å². The van der Waals surface area contributed by atoms with Crippen LogP contribution in [0.2, 0.25) is 0 Å². The molecule has 2 amide bonds. The van der Waals surface area contributed by atoms with Gasteiger partial charge in [-0.1, -0.05) is 30.3 Å². The van der Waals surface area contributed by atoms with Gasteiger partial charge < -0.3 is 15.1 Å². The second-order valence-corrected chi connectivity index (χ2v) is 9.77. The highest BCUT2D eigenvalue weighted by molar-refractivity contribution is 5.76. The number of amides is 2. The number of carbonyl (C=O) groups excluding carboxylic acids is 1. The predicted molar refractivity (Wildman–Crippen MR) is 130 cm³/mol. The fourth-order valence-corrected chi connectivity index (χ4v) is 5.71. The van der Waals surface area contributed by atoms with Gasteiger partial charge in [-0.2, -0.15) is 5.26 Å². The number of rotatable bonds is 4. The van der Waals surface area contributed by atoms with Gasteiger partial charge in [0.25, 0.3) is 0 Å². The number of hydrogen-bond donors (Lipinski definition) is 1. The van der Waals surface area contributed by atoms with Crippen LogP contribution in [-0.4, -0.2) is 70.1 Å². The molecule has 0 aliphatic carbocycles. The number of carbonyl (C=O) groups is 1. The predicted octanol–water partition coefficient (Wildman–Crippen LogP) is 3.16. The molecule has 0 spiro atoms. The van der Waals surface area contributed by atoms with Crippen LogP contribution in [0.3, 0.4) is 0 Å². The molecule has 4 heterocycles. The Balaban J connectivity index is 1.12. The summed E-state index contributed by atoms with van der Waals surface area (Å²) in [4.78, 5) is 28.8. The summed E-state index contributed by atoms with van der Waals surface area (Å²) in [6.07, 6.45) is 9.45. The highest BCUT2D eigenvalue weighted by atomic mass is 16.2. The lowest BCUT2D eigenvalue weighted by Gasteiger charge is -2.41. The lowest BCUT2D eigenvalue weighted by Crippen LogP contribution is -2.59. The Labute approximate surface area is 201 Å². The van der Waals surface area contributed by atoms with E-state index in [0.717, 1.165) is 71.2 Å². The lowest BCUT2D eigenvalue weighted by molar-refractivity contribution is 0.154. The van der Waals surface area contributed by atoms with Gasteiger partial charge in [-0.3, -0.25) is 4.90 Å². The maximum Gasteiger partial charge on any atom is 0.318 e. The molecule has 34 heavy (non-hydrogen) atoms. The second kappa shape index (κ2) is 10.4. The van der Waals surface area contributed by atoms with Crippen LogP contribution >= 0.6 is 0 Å². The summed E-state index contributed by atoms with van der Waals surface area (Å²) in [5.74, 6) is 0.649. The van der Waals surface area contributed by atoms with Gasteiger partial charge in [0.15, 0.2) is 0 Å². The van der Waals surface area contributed by atoms with Crippen molar-refractivity contribution in [2.24, 2.45) is 0 Å². The lowest BCUT2D eigenvalue weighted by atomic mass is 10.0. The molecule has 0 radical (unpaired) electrons. The molecule has 3 aliphatic rings. The molecule has 8 heteroatoms. The van der Waals surface area contributed by atoms with Gasteiger partial charge in [-0.25, -0.2) is 14.8 Å². The number of anilines is 1. The van der Waals surface area contributed by atoms with Crippen molar-refractivity contribution >= 4 is 12.0 Å². The number of hydrogen-bond acceptors (Lipinski definition) is 6. The average molecular weight is 460 g/mol. The average Bonchev–Trinajstić information content (AvgIpc) is 3.12. The van der Waals surface area contributed by atoms with Gasteiger partial charge in [-0.05, 0) is 57.2 Å². The molecule has 1 aromatic heterocycles. The molecule has 2 atom stereocenters. The fourth-order valence-electron chi connectivity index (χ4n) is 5.71. The van der Waals surface area contributed by atoms with Crippen molar-refractivity contribution in [3.05, 3.63) is 53.9 Å². The molecule has 2 unspecified atom stereocenters. The molecule has 8 nitrogen and oxygen atoms in total. The molecule has 3 aliphatic heterocycles. The Bertz CT molecular complexity index is 982. The minimum absolute atomic E-state index is 0.0969. The second-order valence-electron chi connectivity index (χ2n) is 9.77. The third-order valence-electron chi connectivity index (χ3n) is 7.40. The first-order chi connectivity index (χ1) is 16.7. The molecular weight excluding hydrogens is 426 g/mol. The van der Waals surface area contributed by atoms with Crippen LogP contribution in [0.4, 0.5) is 10.7 Å². The molecule has 3 saturated heterocycles. The molecule has 1 N–H and O–H groups in total. The molecule has 5 rings (SSSR count). The van der Waals surface area contributed by atoms with Crippen molar-refractivity contribution in [1.29, 1.82) is 5.26 Å². The quantitative estimate of drug-likeness (QED) is 0.756. The Morgan fingerprint density at radius 2 is 1.65 bits per heavy atom. The van der Waals surface area contributed by atoms with E-state index in [2.05, 4.69) is 66.4 Å². The molecule has 2 aromatic rings. The third kappa shape index (κ3) is 5.15. The van der Waals surface area contributed by atoms with Gasteiger partial charge in [0.05, 0.1) is 30.0 Å². The topological polar surface area (TPSA) is 88.4 Å². The van der Waals surface area contributed by atoms with Crippen LogP contribution < -0.4 is 10.2 Å². The van der Waals surface area contributed by atoms with Crippen molar-refractivity contribution in [2.45, 2.75) is 63.2 Å². The summed E-state index contributed by atoms with van der Waals surface area (Å²) >= 11 is 0. The smallest absolute Gasteiger partial charge is 0.318 e. The molecule has 178 valence electrons. The fraction of sp³-hybridized carbons (Fsp3) is 0.538. The first-order valence-electron chi connectivity index (χ1n) is 12.5. The largest absolute Gasteiger partial charge is 0.337 e. The van der Waals surface area contributed by atoms with Gasteiger partial charge in [-0.15, -0.1) is 0 Å². The highest BCUT2D eigenvalue weighted by Crippen LogP contribution is 2.32. The van der Waals surface area contributed by atoms with Crippen LogP contribution in [0.5, 0.6) is 0 Å². The van der Waals surface area contributed by atoms with E-state index < -0.39 is 0 Å². The number of benzene rings is 1. The highest BCUT2D eigenvalue weighted by Gasteiger charge is 2.43. The van der Waals surface area contributed by atoms with E-state index in [0.29, 0.717) is 11.5 Å². The van der Waals surface area contributed by atoms with Crippen LogP contribution in [-0.2, 0) is 6.54 Å². The van der Waals surface area contributed by atoms with E-state index in [1.807, 2.05) is 0 Å². The van der Waals surface area contributed by atoms with Crippen molar-refractivity contribution in [1.82, 2.24) is 25.1 Å². The summed E-state index contributed by atoms with van der Waals surface area (Å²) in [7, 11) is 0. The number of nitriles is 1. The monoisotopic (exact) mass is 459 g/mol. The number of urea groups is 1. The standard InChI is InChI=1S/C26H33N7O/c27-14-21-15-28-25(29-16-21)32-18-23-10-11-24(19-32)33(23)26(34)30-22-8-4-12-31(13-5-9-22)17-20-6-2-1-3-7-20/h1-3,6-7,15-16,22-24H,4-5,8-13,17-19H2,(H,30,34). The van der Waals surface area contributed by atoms with Crippen molar-refractivity contribution in [3.8, 4) is 6.07 Å². The number of piperazine rings is 1. The first-order valence-corrected chi connectivity index (χ1v) is 12.5. The molecular formula is C26H33N7O. The summed E-state index contributed by atoms with van der Waals surface area (Å²) in [5.41, 5.74) is 1.83. The zero-order valence-electron chi connectivity index (χ0n) is 19.6. The SMILES string of the molecule is N#Cc1cnc(N2CC3CCC(C2)N3C(=O)NC2CCCN(Cc3ccccc3)CCC2)nc1. The summed E-state index contributed by atoms with van der Waals surface area (Å²) in [6.45, 7) is 4.66. The van der Waals surface area contributed by atoms with Gasteiger partial charge in [0.2, 0.25) is 5.95 Å². The van der Waals surface area contributed by atoms with E-state index in [1.54, 1.807) is 12.4 Å².